The van der Waals surface area contributed by atoms with Gasteiger partial charge in [-0.3, -0.25) is 0 Å². The van der Waals surface area contributed by atoms with Crippen LogP contribution < -0.4 is 15.5 Å². The SMILES string of the molecule is [2H]C([2H])([2H])c1c[n+](C)c(-c2c(C)ccc3c2oc2cnnn23)cc1-c1c(C([2H])([2H])[2H])cc(-c2nc([Si](C)(C)C)nc([Si](C)(C)C)n2)cc1C([2H])([2H])[2H]. The molecule has 4 heterocycles. The van der Waals surface area contributed by atoms with E-state index in [9.17, 15) is 0 Å². The number of pyridine rings is 1. The quantitative estimate of drug-likeness (QED) is 0.180. The first kappa shape index (κ1) is 20.0. The zero-order chi connectivity index (χ0) is 38.5. The number of hydrogen-bond donors (Lipinski definition) is 0. The van der Waals surface area contributed by atoms with Crippen molar-refractivity contribution in [2.75, 3.05) is 0 Å². The lowest BCUT2D eigenvalue weighted by molar-refractivity contribution is -0.660. The van der Waals surface area contributed by atoms with Gasteiger partial charge in [-0.05, 0) is 73.5 Å². The third-order valence-corrected chi connectivity index (χ3v) is 10.6. The normalized spacial score (nSPS) is 16.5. The van der Waals surface area contributed by atoms with Crippen LogP contribution in [0.1, 0.15) is 34.6 Å². The molecule has 6 aromatic rings. The maximum Gasteiger partial charge on any atom is 0.243 e. The molecule has 2 aromatic carbocycles. The number of oxazole rings is 1. The van der Waals surface area contributed by atoms with Crippen molar-refractivity contribution in [3.05, 3.63) is 65.0 Å². The van der Waals surface area contributed by atoms with E-state index < -0.39 is 36.7 Å². The van der Waals surface area contributed by atoms with Gasteiger partial charge < -0.3 is 4.42 Å². The second kappa shape index (κ2) is 10.0. The first-order valence-corrected chi connectivity index (χ1v) is 21.0. The lowest BCUT2D eigenvalue weighted by Gasteiger charge is -2.21. The van der Waals surface area contributed by atoms with Gasteiger partial charge in [-0.25, -0.2) is 19.5 Å². The van der Waals surface area contributed by atoms with Crippen LogP contribution in [0.15, 0.2) is 47.1 Å². The minimum atomic E-state index is -2.87. The predicted molar refractivity (Wildman–Crippen MR) is 179 cm³/mol. The summed E-state index contributed by atoms with van der Waals surface area (Å²) in [5.74, 6) is 0.184. The van der Waals surface area contributed by atoms with Gasteiger partial charge in [-0.2, -0.15) is 4.52 Å². The van der Waals surface area contributed by atoms with E-state index in [1.54, 1.807) is 17.7 Å². The van der Waals surface area contributed by atoms with E-state index in [0.29, 0.717) is 39.0 Å². The minimum absolute atomic E-state index is 0.0486. The molecule has 0 aliphatic heterocycles. The Morgan fingerprint density at radius 1 is 0.814 bits per heavy atom. The van der Waals surface area contributed by atoms with Crippen LogP contribution in [-0.4, -0.2) is 45.9 Å². The predicted octanol–water partition coefficient (Wildman–Crippen LogP) is 5.81. The molecule has 0 aliphatic rings. The highest BCUT2D eigenvalue weighted by molar-refractivity contribution is 6.89. The molecule has 0 spiro atoms. The monoisotopic (exact) mass is 615 g/mol. The minimum Gasteiger partial charge on any atom is -0.434 e. The largest absolute Gasteiger partial charge is 0.434 e. The standard InChI is InChI=1S/C33H40N7OSi2/c1-19-12-13-25-30(41-27-17-34-38-40(25)27)29(19)26-16-24(22(4)18-39(26)5)28-20(2)14-23(15-21(28)3)31-35-32(42(6,7)8)37-33(36-31)43(9,10)11/h12-18H,1-11H3/q+1/i2D3,3D3,4D3. The Bertz CT molecular complexity index is 2320. The molecule has 8 nitrogen and oxygen atoms in total. The van der Waals surface area contributed by atoms with Crippen LogP contribution in [0.3, 0.4) is 0 Å². The van der Waals surface area contributed by atoms with Crippen molar-refractivity contribution in [2.24, 2.45) is 7.05 Å². The van der Waals surface area contributed by atoms with Crippen LogP contribution >= 0.6 is 0 Å². The summed E-state index contributed by atoms with van der Waals surface area (Å²) in [6.07, 6.45) is 2.87. The molecule has 43 heavy (non-hydrogen) atoms. The molecule has 0 amide bonds. The summed E-state index contributed by atoms with van der Waals surface area (Å²) >= 11 is 0. The summed E-state index contributed by atoms with van der Waals surface area (Å²) in [6, 6.07) is 8.00. The summed E-state index contributed by atoms with van der Waals surface area (Å²) in [5, 5.41) is 8.02. The first-order valence-electron chi connectivity index (χ1n) is 18.5. The smallest absolute Gasteiger partial charge is 0.243 e. The molecule has 0 saturated heterocycles. The molecule has 0 atom stereocenters. The summed E-state index contributed by atoms with van der Waals surface area (Å²) in [4.78, 5) is 14.4. The van der Waals surface area contributed by atoms with Gasteiger partial charge >= 0.3 is 0 Å². The second-order valence-corrected chi connectivity index (χ2v) is 22.9. The second-order valence-electron chi connectivity index (χ2n) is 13.0. The van der Waals surface area contributed by atoms with Crippen LogP contribution in [0.4, 0.5) is 0 Å². The first-order chi connectivity index (χ1) is 23.8. The molecule has 0 radical (unpaired) electrons. The zero-order valence-electron chi connectivity index (χ0n) is 34.6. The number of aryl methyl sites for hydroxylation is 5. The van der Waals surface area contributed by atoms with E-state index in [1.807, 2.05) is 19.1 Å². The number of aromatic nitrogens is 7. The summed E-state index contributed by atoms with van der Waals surface area (Å²) in [7, 11) is -2.56. The highest BCUT2D eigenvalue weighted by Crippen LogP contribution is 2.37. The Morgan fingerprint density at radius 2 is 1.47 bits per heavy atom. The highest BCUT2D eigenvalue weighted by atomic mass is 28.3. The van der Waals surface area contributed by atoms with Crippen LogP contribution in [0.5, 0.6) is 0 Å². The molecule has 0 unspecified atom stereocenters. The number of rotatable bonds is 5. The van der Waals surface area contributed by atoms with Gasteiger partial charge in [0.15, 0.2) is 17.6 Å². The van der Waals surface area contributed by atoms with Crippen LogP contribution in [0.25, 0.3) is 50.6 Å². The van der Waals surface area contributed by atoms with Crippen molar-refractivity contribution in [3.8, 4) is 33.8 Å². The van der Waals surface area contributed by atoms with Gasteiger partial charge in [0.1, 0.15) is 45.8 Å². The van der Waals surface area contributed by atoms with Crippen LogP contribution in [-0.2, 0) is 7.05 Å². The van der Waals surface area contributed by atoms with E-state index in [1.165, 1.54) is 29.0 Å². The Morgan fingerprint density at radius 3 is 2.07 bits per heavy atom. The maximum atomic E-state index is 8.71. The highest BCUT2D eigenvalue weighted by Gasteiger charge is 2.29. The summed E-state index contributed by atoms with van der Waals surface area (Å²) in [6.45, 7) is 5.91. The zero-order valence-corrected chi connectivity index (χ0v) is 27.6. The molecule has 0 saturated carbocycles. The van der Waals surface area contributed by atoms with Crippen molar-refractivity contribution >= 4 is 43.9 Å². The molecule has 220 valence electrons. The topological polar surface area (TPSA) is 85.9 Å². The Kier molecular flexibility index (Phi) is 4.67. The lowest BCUT2D eigenvalue weighted by atomic mass is 9.90. The number of nitrogens with zero attached hydrogens (tertiary/aromatic N) is 7. The fraction of sp³-hybridized carbons (Fsp3) is 0.333. The average Bonchev–Trinajstić information content (AvgIpc) is 3.60. The van der Waals surface area contributed by atoms with Gasteiger partial charge in [0.05, 0.1) is 5.56 Å². The van der Waals surface area contributed by atoms with E-state index in [-0.39, 0.29) is 39.2 Å². The average molecular weight is 616 g/mol. The summed E-state index contributed by atoms with van der Waals surface area (Å²) < 4.78 is 87.2. The fourth-order valence-electron chi connectivity index (χ4n) is 5.17. The summed E-state index contributed by atoms with van der Waals surface area (Å²) in [5.41, 5.74) is 3.60. The molecule has 6 rings (SSSR count). The Hall–Kier alpha value is -4.03. The lowest BCUT2D eigenvalue weighted by Crippen LogP contribution is -2.52. The van der Waals surface area contributed by atoms with Crippen molar-refractivity contribution in [1.29, 1.82) is 0 Å². The van der Waals surface area contributed by atoms with Crippen LogP contribution in [0, 0.1) is 27.5 Å². The maximum absolute atomic E-state index is 8.71. The molecular formula is C33H40N7OSi2+. The van der Waals surface area contributed by atoms with Gasteiger partial charge in [-0.15, -0.1) is 5.10 Å². The number of benzene rings is 2. The van der Waals surface area contributed by atoms with E-state index in [4.69, 9.17) is 31.7 Å². The fourth-order valence-corrected chi connectivity index (χ4v) is 7.04. The number of hydrogen-bond acceptors (Lipinski definition) is 6. The van der Waals surface area contributed by atoms with Gasteiger partial charge in [0, 0.05) is 29.5 Å². The van der Waals surface area contributed by atoms with Crippen molar-refractivity contribution in [3.63, 3.8) is 0 Å². The molecule has 0 fully saturated rings. The van der Waals surface area contributed by atoms with Gasteiger partial charge in [-0.1, -0.05) is 50.6 Å². The number of fused-ring (bicyclic) bond motifs is 3. The van der Waals surface area contributed by atoms with E-state index in [2.05, 4.69) is 49.6 Å². The van der Waals surface area contributed by atoms with Gasteiger partial charge in [0.2, 0.25) is 11.4 Å². The van der Waals surface area contributed by atoms with E-state index in [0.717, 1.165) is 5.56 Å². The van der Waals surface area contributed by atoms with Gasteiger partial charge in [0.25, 0.3) is 0 Å². The third kappa shape index (κ3) is 5.02. The van der Waals surface area contributed by atoms with Crippen LogP contribution in [0.2, 0.25) is 39.3 Å². The Balaban J connectivity index is 1.74. The third-order valence-electron chi connectivity index (χ3n) is 7.47. The molecule has 0 N–H and O–H groups in total. The van der Waals surface area contributed by atoms with E-state index >= 15 is 0 Å². The molecule has 0 aliphatic carbocycles. The molecule has 0 bridgehead atoms. The van der Waals surface area contributed by atoms with Crippen molar-refractivity contribution in [2.45, 2.75) is 66.8 Å². The molecule has 4 aromatic heterocycles. The Labute approximate surface area is 267 Å². The molecule has 10 heteroatoms. The van der Waals surface area contributed by atoms with Crippen molar-refractivity contribution in [1.82, 2.24) is 29.8 Å². The van der Waals surface area contributed by atoms with Crippen molar-refractivity contribution < 1.29 is 21.3 Å². The molecular weight excluding hydrogens is 567 g/mol.